The predicted octanol–water partition coefficient (Wildman–Crippen LogP) is 2.12. The molecular weight excluding hydrogens is 191 g/mol. The fourth-order valence-electron chi connectivity index (χ4n) is 1.73. The fraction of sp³-hybridized carbons (Fsp3) is 0.400. The van der Waals surface area contributed by atoms with E-state index in [0.29, 0.717) is 6.54 Å². The first-order valence-electron chi connectivity index (χ1n) is 4.47. The van der Waals surface area contributed by atoms with Gasteiger partial charge in [0.05, 0.1) is 0 Å². The Bertz CT molecular complexity index is 345. The molecule has 0 aliphatic carbocycles. The van der Waals surface area contributed by atoms with Gasteiger partial charge in [-0.2, -0.15) is 0 Å². The van der Waals surface area contributed by atoms with Crippen molar-refractivity contribution in [3.8, 4) is 0 Å². The Morgan fingerprint density at radius 2 is 2.07 bits per heavy atom. The highest BCUT2D eigenvalue weighted by Gasteiger charge is 2.37. The Hall–Kier alpha value is -1.03. The molecule has 0 bridgehead atoms. The number of benzene rings is 1. The van der Waals surface area contributed by atoms with Gasteiger partial charge in [-0.1, -0.05) is 0 Å². The minimum Gasteiger partial charge on any atom is -0.313 e. The molecule has 0 aromatic heterocycles. The molecule has 1 saturated heterocycles. The standard InChI is InChI=1S/C10H10F3N/c11-7-1-2-9(12)8(5-7)10(13)3-4-14-6-10/h1-2,5,14H,3-4,6H2. The SMILES string of the molecule is Fc1ccc(F)c(C2(F)CCNC2)c1. The van der Waals surface area contributed by atoms with Crippen LogP contribution in [0.25, 0.3) is 0 Å². The number of halogens is 3. The number of hydrogen-bond donors (Lipinski definition) is 1. The summed E-state index contributed by atoms with van der Waals surface area (Å²) < 4.78 is 40.1. The Morgan fingerprint density at radius 1 is 1.29 bits per heavy atom. The fourth-order valence-corrected chi connectivity index (χ4v) is 1.73. The van der Waals surface area contributed by atoms with Crippen molar-refractivity contribution in [1.82, 2.24) is 5.32 Å². The summed E-state index contributed by atoms with van der Waals surface area (Å²) in [4.78, 5) is 0. The number of nitrogens with one attached hydrogen (secondary N) is 1. The maximum atomic E-state index is 14.0. The molecule has 2 rings (SSSR count). The summed E-state index contributed by atoms with van der Waals surface area (Å²) in [5, 5.41) is 2.79. The monoisotopic (exact) mass is 201 g/mol. The van der Waals surface area contributed by atoms with E-state index in [1.807, 2.05) is 0 Å². The second kappa shape index (κ2) is 3.28. The molecular formula is C10H10F3N. The van der Waals surface area contributed by atoms with Gasteiger partial charge in [0.15, 0.2) is 5.67 Å². The van der Waals surface area contributed by atoms with Gasteiger partial charge < -0.3 is 5.32 Å². The molecule has 1 aliphatic heterocycles. The zero-order chi connectivity index (χ0) is 10.2. The number of hydrogen-bond acceptors (Lipinski definition) is 1. The van der Waals surface area contributed by atoms with Gasteiger partial charge in [-0.25, -0.2) is 13.2 Å². The van der Waals surface area contributed by atoms with E-state index in [1.165, 1.54) is 0 Å². The lowest BCUT2D eigenvalue weighted by Gasteiger charge is -2.19. The third-order valence-electron chi connectivity index (χ3n) is 2.51. The molecule has 76 valence electrons. The number of rotatable bonds is 1. The van der Waals surface area contributed by atoms with Crippen LogP contribution < -0.4 is 5.32 Å². The maximum Gasteiger partial charge on any atom is 0.152 e. The average molecular weight is 201 g/mol. The Labute approximate surface area is 79.9 Å². The maximum absolute atomic E-state index is 14.0. The molecule has 1 fully saturated rings. The number of alkyl halides is 1. The highest BCUT2D eigenvalue weighted by molar-refractivity contribution is 5.27. The van der Waals surface area contributed by atoms with Gasteiger partial charge in [-0.05, 0) is 31.2 Å². The molecule has 1 atom stereocenters. The third-order valence-corrected chi connectivity index (χ3v) is 2.51. The molecule has 1 aliphatic rings. The van der Waals surface area contributed by atoms with E-state index in [4.69, 9.17) is 0 Å². The Kier molecular flexibility index (Phi) is 2.23. The van der Waals surface area contributed by atoms with Gasteiger partial charge in [0.2, 0.25) is 0 Å². The average Bonchev–Trinajstić information content (AvgIpc) is 2.58. The van der Waals surface area contributed by atoms with Gasteiger partial charge >= 0.3 is 0 Å². The summed E-state index contributed by atoms with van der Waals surface area (Å²) in [6, 6.07) is 2.89. The molecule has 14 heavy (non-hydrogen) atoms. The second-order valence-electron chi connectivity index (χ2n) is 3.52. The van der Waals surface area contributed by atoms with Crippen LogP contribution in [0.5, 0.6) is 0 Å². The summed E-state index contributed by atoms with van der Waals surface area (Å²) in [6.07, 6.45) is 0.188. The van der Waals surface area contributed by atoms with Crippen LogP contribution in [0.4, 0.5) is 13.2 Å². The van der Waals surface area contributed by atoms with E-state index < -0.39 is 17.3 Å². The van der Waals surface area contributed by atoms with Crippen molar-refractivity contribution in [2.24, 2.45) is 0 Å². The highest BCUT2D eigenvalue weighted by Crippen LogP contribution is 2.34. The van der Waals surface area contributed by atoms with Crippen LogP contribution in [0.3, 0.4) is 0 Å². The quantitative estimate of drug-likeness (QED) is 0.733. The van der Waals surface area contributed by atoms with Gasteiger partial charge in [0.1, 0.15) is 11.6 Å². The van der Waals surface area contributed by atoms with Crippen LogP contribution in [0.1, 0.15) is 12.0 Å². The largest absolute Gasteiger partial charge is 0.313 e. The van der Waals surface area contributed by atoms with E-state index in [0.717, 1.165) is 18.2 Å². The normalized spacial score (nSPS) is 26.8. The zero-order valence-corrected chi connectivity index (χ0v) is 7.49. The van der Waals surface area contributed by atoms with Gasteiger partial charge in [-0.15, -0.1) is 0 Å². The topological polar surface area (TPSA) is 12.0 Å². The molecule has 1 aromatic rings. The predicted molar refractivity (Wildman–Crippen MR) is 46.6 cm³/mol. The zero-order valence-electron chi connectivity index (χ0n) is 7.49. The summed E-state index contributed by atoms with van der Waals surface area (Å²) in [6.45, 7) is 0.541. The molecule has 0 amide bonds. The Morgan fingerprint density at radius 3 is 2.71 bits per heavy atom. The van der Waals surface area contributed by atoms with Gasteiger partial charge in [-0.3, -0.25) is 0 Å². The van der Waals surface area contributed by atoms with Crippen molar-refractivity contribution in [2.45, 2.75) is 12.1 Å². The van der Waals surface area contributed by atoms with Crippen LogP contribution in [-0.4, -0.2) is 13.1 Å². The Balaban J connectivity index is 2.44. The van der Waals surface area contributed by atoms with E-state index in [-0.39, 0.29) is 18.5 Å². The van der Waals surface area contributed by atoms with Crippen LogP contribution in [-0.2, 0) is 5.67 Å². The van der Waals surface area contributed by atoms with E-state index >= 15 is 0 Å². The minimum absolute atomic E-state index is 0.0490. The van der Waals surface area contributed by atoms with Gasteiger partial charge in [0, 0.05) is 12.1 Å². The van der Waals surface area contributed by atoms with E-state index in [2.05, 4.69) is 5.32 Å². The van der Waals surface area contributed by atoms with Crippen LogP contribution in [0.15, 0.2) is 18.2 Å². The molecule has 1 N–H and O–H groups in total. The molecule has 0 saturated carbocycles. The van der Waals surface area contributed by atoms with Crippen molar-refractivity contribution < 1.29 is 13.2 Å². The lowest BCUT2D eigenvalue weighted by atomic mass is 9.94. The summed E-state index contributed by atoms with van der Waals surface area (Å²) in [5.74, 6) is -1.29. The first-order chi connectivity index (χ1) is 6.62. The van der Waals surface area contributed by atoms with Crippen molar-refractivity contribution in [1.29, 1.82) is 0 Å². The van der Waals surface area contributed by atoms with Crippen molar-refractivity contribution in [3.05, 3.63) is 35.4 Å². The molecule has 4 heteroatoms. The minimum atomic E-state index is -1.76. The smallest absolute Gasteiger partial charge is 0.152 e. The van der Waals surface area contributed by atoms with E-state index in [1.54, 1.807) is 0 Å². The lowest BCUT2D eigenvalue weighted by molar-refractivity contribution is 0.186. The van der Waals surface area contributed by atoms with Crippen LogP contribution in [0.2, 0.25) is 0 Å². The van der Waals surface area contributed by atoms with Crippen molar-refractivity contribution in [2.75, 3.05) is 13.1 Å². The molecule has 0 radical (unpaired) electrons. The van der Waals surface area contributed by atoms with Crippen molar-refractivity contribution >= 4 is 0 Å². The molecule has 1 heterocycles. The highest BCUT2D eigenvalue weighted by atomic mass is 19.2. The van der Waals surface area contributed by atoms with Crippen LogP contribution >= 0.6 is 0 Å². The van der Waals surface area contributed by atoms with E-state index in [9.17, 15) is 13.2 Å². The second-order valence-corrected chi connectivity index (χ2v) is 3.52. The third kappa shape index (κ3) is 1.50. The summed E-state index contributed by atoms with van der Waals surface area (Å²) in [7, 11) is 0. The molecule has 1 unspecified atom stereocenters. The summed E-state index contributed by atoms with van der Waals surface area (Å²) in [5.41, 5.74) is -1.94. The summed E-state index contributed by atoms with van der Waals surface area (Å²) >= 11 is 0. The van der Waals surface area contributed by atoms with Crippen molar-refractivity contribution in [3.63, 3.8) is 0 Å². The van der Waals surface area contributed by atoms with Crippen LogP contribution in [0, 0.1) is 11.6 Å². The first kappa shape index (κ1) is 9.52. The molecule has 1 nitrogen and oxygen atoms in total. The first-order valence-corrected chi connectivity index (χ1v) is 4.47. The lowest BCUT2D eigenvalue weighted by Crippen LogP contribution is -2.24. The van der Waals surface area contributed by atoms with Gasteiger partial charge in [0.25, 0.3) is 0 Å². The molecule has 0 spiro atoms. The molecule has 1 aromatic carbocycles.